The van der Waals surface area contributed by atoms with E-state index in [9.17, 15) is 4.79 Å². The molecule has 1 amide bonds. The number of rotatable bonds is 3. The molecular weight excluding hydrogens is 226 g/mol. The van der Waals surface area contributed by atoms with E-state index in [0.29, 0.717) is 17.4 Å². The van der Waals surface area contributed by atoms with Gasteiger partial charge in [-0.15, -0.1) is 0 Å². The number of amides is 1. The van der Waals surface area contributed by atoms with Crippen LogP contribution in [0.5, 0.6) is 0 Å². The quantitative estimate of drug-likeness (QED) is 0.500. The molecule has 4 nitrogen and oxygen atoms in total. The summed E-state index contributed by atoms with van der Waals surface area (Å²) < 4.78 is 0. The first-order chi connectivity index (χ1) is 8.83. The summed E-state index contributed by atoms with van der Waals surface area (Å²) in [4.78, 5) is 15.6. The first-order valence-corrected chi connectivity index (χ1v) is 6.25. The van der Waals surface area contributed by atoms with Gasteiger partial charge in [0.15, 0.2) is 0 Å². The third kappa shape index (κ3) is 2.18. The van der Waals surface area contributed by atoms with Gasteiger partial charge in [0.05, 0.1) is 5.56 Å². The second-order valence-electron chi connectivity index (χ2n) is 4.90. The normalized spacial score (nSPS) is 29.0. The standard InChI is InChI=1S/C14H15N3O/c18-14(12-2-1-5-15-8-12)17-16-9-13-7-10-3-4-11(13)6-10/h1-5,8-11,13H,6-7H2,(H,17,18)/b16-9-/t10-,11-,13+/m1/s1. The van der Waals surface area contributed by atoms with Crippen LogP contribution < -0.4 is 5.43 Å². The van der Waals surface area contributed by atoms with Crippen molar-refractivity contribution in [2.75, 3.05) is 0 Å². The molecule has 0 spiro atoms. The van der Waals surface area contributed by atoms with Gasteiger partial charge in [-0.05, 0) is 36.8 Å². The largest absolute Gasteiger partial charge is 0.272 e. The Morgan fingerprint density at radius 3 is 3.06 bits per heavy atom. The minimum absolute atomic E-state index is 0.210. The fourth-order valence-electron chi connectivity index (χ4n) is 2.75. The number of fused-ring (bicyclic) bond motifs is 2. The van der Waals surface area contributed by atoms with E-state index < -0.39 is 0 Å². The minimum Gasteiger partial charge on any atom is -0.267 e. The fourth-order valence-corrected chi connectivity index (χ4v) is 2.75. The maximum absolute atomic E-state index is 11.7. The predicted octanol–water partition coefficient (Wildman–Crippen LogP) is 2.01. The zero-order valence-electron chi connectivity index (χ0n) is 9.99. The molecule has 0 aliphatic heterocycles. The zero-order chi connectivity index (χ0) is 12.4. The van der Waals surface area contributed by atoms with E-state index in [1.165, 1.54) is 12.6 Å². The SMILES string of the molecule is O=C(N/N=C\[C@@H]1C[C@@H]2C=C[C@@H]1C2)c1cccnc1. The second kappa shape index (κ2) is 4.72. The molecule has 1 aromatic rings. The molecule has 2 aliphatic carbocycles. The summed E-state index contributed by atoms with van der Waals surface area (Å²) in [6, 6.07) is 3.46. The first kappa shape index (κ1) is 11.1. The molecular formula is C14H15N3O. The molecule has 4 heteroatoms. The number of hydrogen-bond acceptors (Lipinski definition) is 3. The Morgan fingerprint density at radius 1 is 1.44 bits per heavy atom. The highest BCUT2D eigenvalue weighted by Gasteiger charge is 2.34. The van der Waals surface area contributed by atoms with Gasteiger partial charge in [-0.3, -0.25) is 9.78 Å². The third-order valence-corrected chi connectivity index (χ3v) is 3.69. The van der Waals surface area contributed by atoms with E-state index in [-0.39, 0.29) is 5.91 Å². The highest BCUT2D eigenvalue weighted by atomic mass is 16.2. The highest BCUT2D eigenvalue weighted by molar-refractivity contribution is 5.93. The average Bonchev–Trinajstić information content (AvgIpc) is 3.02. The summed E-state index contributed by atoms with van der Waals surface area (Å²) in [5.41, 5.74) is 3.08. The number of pyridine rings is 1. The van der Waals surface area contributed by atoms with Crippen molar-refractivity contribution in [2.45, 2.75) is 12.8 Å². The molecule has 1 heterocycles. The number of carbonyl (C=O) groups is 1. The van der Waals surface area contributed by atoms with E-state index in [1.807, 2.05) is 6.21 Å². The molecule has 1 aromatic heterocycles. The number of hydrazone groups is 1. The van der Waals surface area contributed by atoms with Gasteiger partial charge in [-0.1, -0.05) is 12.2 Å². The van der Waals surface area contributed by atoms with Crippen molar-refractivity contribution >= 4 is 12.1 Å². The molecule has 3 atom stereocenters. The van der Waals surface area contributed by atoms with Crippen LogP contribution in [0.1, 0.15) is 23.2 Å². The lowest BCUT2D eigenvalue weighted by Crippen LogP contribution is -2.19. The molecule has 0 saturated heterocycles. The Hall–Kier alpha value is -1.97. The summed E-state index contributed by atoms with van der Waals surface area (Å²) in [5.74, 6) is 1.61. The van der Waals surface area contributed by atoms with E-state index >= 15 is 0 Å². The molecule has 1 N–H and O–H groups in total. The first-order valence-electron chi connectivity index (χ1n) is 6.25. The van der Waals surface area contributed by atoms with Gasteiger partial charge in [-0.2, -0.15) is 5.10 Å². The van der Waals surface area contributed by atoms with Gasteiger partial charge in [-0.25, -0.2) is 5.43 Å². The molecule has 18 heavy (non-hydrogen) atoms. The maximum atomic E-state index is 11.7. The number of hydrogen-bond donors (Lipinski definition) is 1. The number of allylic oxidation sites excluding steroid dienone is 2. The minimum atomic E-state index is -0.210. The van der Waals surface area contributed by atoms with Gasteiger partial charge >= 0.3 is 0 Å². The Balaban J connectivity index is 1.55. The van der Waals surface area contributed by atoms with Crippen molar-refractivity contribution < 1.29 is 4.79 Å². The van der Waals surface area contributed by atoms with Crippen LogP contribution in [-0.2, 0) is 0 Å². The van der Waals surface area contributed by atoms with Crippen LogP contribution in [0.25, 0.3) is 0 Å². The van der Waals surface area contributed by atoms with Gasteiger partial charge in [0.25, 0.3) is 5.91 Å². The van der Waals surface area contributed by atoms with Gasteiger partial charge in [0, 0.05) is 24.5 Å². The Kier molecular flexibility index (Phi) is 2.92. The molecule has 1 saturated carbocycles. The van der Waals surface area contributed by atoms with Crippen molar-refractivity contribution in [3.63, 3.8) is 0 Å². The summed E-state index contributed by atoms with van der Waals surface area (Å²) in [6.07, 6.45) is 12.0. The molecule has 2 aliphatic rings. The Bertz CT molecular complexity index is 495. The maximum Gasteiger partial charge on any atom is 0.272 e. The van der Waals surface area contributed by atoms with Crippen LogP contribution in [0.3, 0.4) is 0 Å². The van der Waals surface area contributed by atoms with Crippen LogP contribution in [-0.4, -0.2) is 17.1 Å². The van der Waals surface area contributed by atoms with Crippen LogP contribution in [0.2, 0.25) is 0 Å². The van der Waals surface area contributed by atoms with Gasteiger partial charge < -0.3 is 0 Å². The van der Waals surface area contributed by atoms with Gasteiger partial charge in [0.2, 0.25) is 0 Å². The average molecular weight is 241 g/mol. The van der Waals surface area contributed by atoms with Crippen molar-refractivity contribution in [1.82, 2.24) is 10.4 Å². The van der Waals surface area contributed by atoms with Crippen molar-refractivity contribution in [3.8, 4) is 0 Å². The van der Waals surface area contributed by atoms with E-state index in [0.717, 1.165) is 12.3 Å². The van der Waals surface area contributed by atoms with Crippen LogP contribution in [0.4, 0.5) is 0 Å². The monoisotopic (exact) mass is 241 g/mol. The lowest BCUT2D eigenvalue weighted by molar-refractivity contribution is 0.0954. The van der Waals surface area contributed by atoms with E-state index in [4.69, 9.17) is 0 Å². The predicted molar refractivity (Wildman–Crippen MR) is 69.0 cm³/mol. The lowest BCUT2D eigenvalue weighted by atomic mass is 9.95. The molecule has 3 rings (SSSR count). The Labute approximate surface area is 106 Å². The summed E-state index contributed by atoms with van der Waals surface area (Å²) in [5, 5.41) is 4.06. The number of nitrogens with zero attached hydrogens (tertiary/aromatic N) is 2. The molecule has 2 bridgehead atoms. The van der Waals surface area contributed by atoms with E-state index in [1.54, 1.807) is 18.3 Å². The van der Waals surface area contributed by atoms with Crippen LogP contribution in [0.15, 0.2) is 41.8 Å². The second-order valence-corrected chi connectivity index (χ2v) is 4.90. The summed E-state index contributed by atoms with van der Waals surface area (Å²) >= 11 is 0. The van der Waals surface area contributed by atoms with Crippen LogP contribution >= 0.6 is 0 Å². The fraction of sp³-hybridized carbons (Fsp3) is 0.357. The van der Waals surface area contributed by atoms with Crippen molar-refractivity contribution in [2.24, 2.45) is 22.9 Å². The highest BCUT2D eigenvalue weighted by Crippen LogP contribution is 2.42. The third-order valence-electron chi connectivity index (χ3n) is 3.69. The summed E-state index contributed by atoms with van der Waals surface area (Å²) in [6.45, 7) is 0. The molecule has 0 radical (unpaired) electrons. The topological polar surface area (TPSA) is 54.4 Å². The molecule has 0 unspecified atom stereocenters. The lowest BCUT2D eigenvalue weighted by Gasteiger charge is -2.11. The van der Waals surface area contributed by atoms with E-state index in [2.05, 4.69) is 27.7 Å². The number of aromatic nitrogens is 1. The van der Waals surface area contributed by atoms with Crippen molar-refractivity contribution in [3.05, 3.63) is 42.2 Å². The number of nitrogens with one attached hydrogen (secondary N) is 1. The van der Waals surface area contributed by atoms with Crippen LogP contribution in [0, 0.1) is 17.8 Å². The zero-order valence-corrected chi connectivity index (χ0v) is 9.99. The Morgan fingerprint density at radius 2 is 2.39 bits per heavy atom. The van der Waals surface area contributed by atoms with Crippen molar-refractivity contribution in [1.29, 1.82) is 0 Å². The smallest absolute Gasteiger partial charge is 0.267 e. The molecule has 92 valence electrons. The van der Waals surface area contributed by atoms with Gasteiger partial charge in [0.1, 0.15) is 0 Å². The molecule has 1 fully saturated rings. The summed E-state index contributed by atoms with van der Waals surface area (Å²) in [7, 11) is 0. The number of carbonyl (C=O) groups excluding carboxylic acids is 1. The molecule has 0 aromatic carbocycles.